The van der Waals surface area contributed by atoms with Gasteiger partial charge < -0.3 is 10.6 Å². The highest BCUT2D eigenvalue weighted by Crippen LogP contribution is 2.18. The normalized spacial score (nSPS) is 13.1. The Morgan fingerprint density at radius 2 is 2.07 bits per heavy atom. The molecule has 0 aromatic rings. The van der Waals surface area contributed by atoms with Crippen LogP contribution in [0.2, 0.25) is 0 Å². The van der Waals surface area contributed by atoms with Crippen LogP contribution in [0.3, 0.4) is 0 Å². The standard InChI is InChI=1S/C10H19N3O/c1-10(2,3)8(12)9(14)13(4)7-5-6-11/h8H,5,7,12H2,1-4H3/t8-/m1/s1. The number of nitriles is 1. The Morgan fingerprint density at radius 1 is 1.57 bits per heavy atom. The van der Waals surface area contributed by atoms with Gasteiger partial charge in [0, 0.05) is 13.6 Å². The fourth-order valence-corrected chi connectivity index (χ4v) is 0.936. The maximum Gasteiger partial charge on any atom is 0.239 e. The maximum atomic E-state index is 11.7. The van der Waals surface area contributed by atoms with Crippen molar-refractivity contribution in [1.82, 2.24) is 4.90 Å². The van der Waals surface area contributed by atoms with E-state index in [0.717, 1.165) is 0 Å². The zero-order chi connectivity index (χ0) is 11.4. The number of amides is 1. The predicted octanol–water partition coefficient (Wildman–Crippen LogP) is 0.732. The van der Waals surface area contributed by atoms with E-state index in [0.29, 0.717) is 13.0 Å². The highest BCUT2D eigenvalue weighted by atomic mass is 16.2. The topological polar surface area (TPSA) is 70.1 Å². The molecule has 0 aliphatic carbocycles. The van der Waals surface area contributed by atoms with E-state index in [-0.39, 0.29) is 11.3 Å². The van der Waals surface area contributed by atoms with Crippen LogP contribution < -0.4 is 5.73 Å². The molecule has 2 N–H and O–H groups in total. The monoisotopic (exact) mass is 197 g/mol. The lowest BCUT2D eigenvalue weighted by Crippen LogP contribution is -2.49. The quantitative estimate of drug-likeness (QED) is 0.725. The van der Waals surface area contributed by atoms with Gasteiger partial charge in [0.15, 0.2) is 0 Å². The second kappa shape index (κ2) is 4.97. The van der Waals surface area contributed by atoms with Gasteiger partial charge in [-0.2, -0.15) is 5.26 Å². The number of likely N-dealkylation sites (N-methyl/N-ethyl adjacent to an activating group) is 1. The summed E-state index contributed by atoms with van der Waals surface area (Å²) in [4.78, 5) is 13.2. The summed E-state index contributed by atoms with van der Waals surface area (Å²) in [6.45, 7) is 6.22. The molecule has 0 aromatic carbocycles. The molecule has 14 heavy (non-hydrogen) atoms. The molecule has 1 atom stereocenters. The van der Waals surface area contributed by atoms with E-state index in [1.165, 1.54) is 4.90 Å². The van der Waals surface area contributed by atoms with Gasteiger partial charge in [-0.3, -0.25) is 4.79 Å². The number of hydrogen-bond donors (Lipinski definition) is 1. The molecular formula is C10H19N3O. The summed E-state index contributed by atoms with van der Waals surface area (Å²) in [6, 6.07) is 1.49. The highest BCUT2D eigenvalue weighted by molar-refractivity contribution is 5.82. The van der Waals surface area contributed by atoms with Gasteiger partial charge in [0.1, 0.15) is 0 Å². The largest absolute Gasteiger partial charge is 0.343 e. The molecule has 0 aromatic heterocycles. The zero-order valence-corrected chi connectivity index (χ0v) is 9.37. The van der Waals surface area contributed by atoms with Crippen molar-refractivity contribution in [2.75, 3.05) is 13.6 Å². The molecule has 0 heterocycles. The number of nitrogens with two attached hydrogens (primary N) is 1. The summed E-state index contributed by atoms with van der Waals surface area (Å²) in [5.41, 5.74) is 5.55. The van der Waals surface area contributed by atoms with Crippen LogP contribution in [0, 0.1) is 16.7 Å². The van der Waals surface area contributed by atoms with Crippen molar-refractivity contribution in [3.05, 3.63) is 0 Å². The molecule has 0 bridgehead atoms. The molecule has 1 amide bonds. The molecule has 0 spiro atoms. The van der Waals surface area contributed by atoms with E-state index in [9.17, 15) is 4.79 Å². The molecule has 0 aliphatic heterocycles. The van der Waals surface area contributed by atoms with Gasteiger partial charge in [0.05, 0.1) is 18.5 Å². The van der Waals surface area contributed by atoms with Crippen molar-refractivity contribution in [2.45, 2.75) is 33.2 Å². The Balaban J connectivity index is 4.26. The van der Waals surface area contributed by atoms with Crippen LogP contribution in [0.1, 0.15) is 27.2 Å². The molecule has 0 radical (unpaired) electrons. The fraction of sp³-hybridized carbons (Fsp3) is 0.800. The lowest BCUT2D eigenvalue weighted by Gasteiger charge is -2.29. The van der Waals surface area contributed by atoms with Crippen LogP contribution in [0.5, 0.6) is 0 Å². The Hall–Kier alpha value is -1.08. The Morgan fingerprint density at radius 3 is 2.43 bits per heavy atom. The number of hydrogen-bond acceptors (Lipinski definition) is 3. The average molecular weight is 197 g/mol. The molecule has 0 saturated carbocycles. The van der Waals surface area contributed by atoms with Crippen molar-refractivity contribution < 1.29 is 4.79 Å². The van der Waals surface area contributed by atoms with Crippen LogP contribution in [-0.2, 0) is 4.79 Å². The minimum absolute atomic E-state index is 0.104. The van der Waals surface area contributed by atoms with Gasteiger partial charge >= 0.3 is 0 Å². The number of carbonyl (C=O) groups excluding carboxylic acids is 1. The van der Waals surface area contributed by atoms with Gasteiger partial charge in [0.25, 0.3) is 0 Å². The van der Waals surface area contributed by atoms with Crippen LogP contribution in [0.15, 0.2) is 0 Å². The Kier molecular flexibility index (Phi) is 4.58. The molecule has 0 aliphatic rings. The van der Waals surface area contributed by atoms with Crippen molar-refractivity contribution in [2.24, 2.45) is 11.1 Å². The van der Waals surface area contributed by atoms with Crippen LogP contribution >= 0.6 is 0 Å². The van der Waals surface area contributed by atoms with Gasteiger partial charge in [0.2, 0.25) is 5.91 Å². The van der Waals surface area contributed by atoms with Gasteiger partial charge in [-0.25, -0.2) is 0 Å². The van der Waals surface area contributed by atoms with Crippen molar-refractivity contribution >= 4 is 5.91 Å². The smallest absolute Gasteiger partial charge is 0.239 e. The summed E-state index contributed by atoms with van der Waals surface area (Å²) in [6.07, 6.45) is 0.346. The lowest BCUT2D eigenvalue weighted by molar-refractivity contribution is -0.133. The third kappa shape index (κ3) is 3.75. The second-order valence-electron chi connectivity index (χ2n) is 4.51. The van der Waals surface area contributed by atoms with E-state index in [1.807, 2.05) is 26.8 Å². The lowest BCUT2D eigenvalue weighted by atomic mass is 9.86. The summed E-state index contributed by atoms with van der Waals surface area (Å²) in [7, 11) is 1.67. The Labute approximate surface area is 85.7 Å². The molecule has 0 saturated heterocycles. The van der Waals surface area contributed by atoms with Crippen LogP contribution in [-0.4, -0.2) is 30.4 Å². The van der Waals surface area contributed by atoms with Crippen LogP contribution in [0.25, 0.3) is 0 Å². The van der Waals surface area contributed by atoms with Crippen molar-refractivity contribution in [3.63, 3.8) is 0 Å². The summed E-state index contributed by atoms with van der Waals surface area (Å²) < 4.78 is 0. The van der Waals surface area contributed by atoms with E-state index >= 15 is 0 Å². The van der Waals surface area contributed by atoms with Crippen LogP contribution in [0.4, 0.5) is 0 Å². The number of carbonyl (C=O) groups is 1. The maximum absolute atomic E-state index is 11.7. The summed E-state index contributed by atoms with van der Waals surface area (Å²) >= 11 is 0. The minimum atomic E-state index is -0.508. The highest BCUT2D eigenvalue weighted by Gasteiger charge is 2.29. The third-order valence-electron chi connectivity index (χ3n) is 2.13. The molecule has 0 fully saturated rings. The molecule has 4 heteroatoms. The first kappa shape index (κ1) is 12.9. The summed E-state index contributed by atoms with van der Waals surface area (Å²) in [5, 5.41) is 8.38. The van der Waals surface area contributed by atoms with Gasteiger partial charge in [-0.15, -0.1) is 0 Å². The minimum Gasteiger partial charge on any atom is -0.343 e. The van der Waals surface area contributed by atoms with E-state index in [1.54, 1.807) is 7.05 Å². The molecule has 4 nitrogen and oxygen atoms in total. The fourth-order valence-electron chi connectivity index (χ4n) is 0.936. The summed E-state index contributed by atoms with van der Waals surface area (Å²) in [5.74, 6) is -0.104. The van der Waals surface area contributed by atoms with Crippen molar-refractivity contribution in [3.8, 4) is 6.07 Å². The van der Waals surface area contributed by atoms with Gasteiger partial charge in [-0.05, 0) is 5.41 Å². The molecule has 80 valence electrons. The van der Waals surface area contributed by atoms with E-state index in [4.69, 9.17) is 11.0 Å². The first-order chi connectivity index (χ1) is 6.30. The second-order valence-corrected chi connectivity index (χ2v) is 4.51. The average Bonchev–Trinajstić information content (AvgIpc) is 2.10. The van der Waals surface area contributed by atoms with E-state index < -0.39 is 6.04 Å². The first-order valence-corrected chi connectivity index (χ1v) is 4.68. The predicted molar refractivity (Wildman–Crippen MR) is 55.3 cm³/mol. The SMILES string of the molecule is CN(CCC#N)C(=O)[C@@H](N)C(C)(C)C. The zero-order valence-electron chi connectivity index (χ0n) is 9.37. The molecule has 0 rings (SSSR count). The molecule has 0 unspecified atom stereocenters. The molecular weight excluding hydrogens is 178 g/mol. The number of rotatable bonds is 3. The van der Waals surface area contributed by atoms with Gasteiger partial charge in [-0.1, -0.05) is 20.8 Å². The van der Waals surface area contributed by atoms with E-state index in [2.05, 4.69) is 0 Å². The number of nitrogens with zero attached hydrogens (tertiary/aromatic N) is 2. The third-order valence-corrected chi connectivity index (χ3v) is 2.13. The van der Waals surface area contributed by atoms with Crippen molar-refractivity contribution in [1.29, 1.82) is 5.26 Å². The Bertz CT molecular complexity index is 237. The first-order valence-electron chi connectivity index (χ1n) is 4.68.